The molecule has 0 aliphatic carbocycles. The van der Waals surface area contributed by atoms with Crippen LogP contribution in [0.15, 0.2) is 49.1 Å². The van der Waals surface area contributed by atoms with E-state index in [1.807, 2.05) is 49.0 Å². The molecule has 4 atom stereocenters. The van der Waals surface area contributed by atoms with Crippen molar-refractivity contribution in [3.63, 3.8) is 0 Å². The van der Waals surface area contributed by atoms with Crippen molar-refractivity contribution in [3.05, 3.63) is 49.1 Å². The second-order valence-electron chi connectivity index (χ2n) is 9.71. The van der Waals surface area contributed by atoms with Crippen molar-refractivity contribution in [2.24, 2.45) is 0 Å². The molecule has 4 heterocycles. The maximum Gasteiger partial charge on any atom is 0.151 e. The Bertz CT molecular complexity index is 1120. The quantitative estimate of drug-likeness (QED) is 0.670. The fraction of sp³-hybridized carbons (Fsp3) is 0.458. The lowest BCUT2D eigenvalue weighted by molar-refractivity contribution is 0.00974. The zero-order chi connectivity index (χ0) is 22.7. The fourth-order valence-corrected chi connectivity index (χ4v) is 5.54. The Labute approximate surface area is 187 Å². The summed E-state index contributed by atoms with van der Waals surface area (Å²) in [6, 6.07) is 9.39. The Morgan fingerprint density at radius 1 is 1.12 bits per heavy atom. The summed E-state index contributed by atoms with van der Waals surface area (Å²) in [7, 11) is 4.06. The molecule has 1 aromatic carbocycles. The molecule has 0 saturated carbocycles. The molecule has 0 spiro atoms. The highest BCUT2D eigenvalue weighted by atomic mass is 19.1. The monoisotopic (exact) mass is 436 g/mol. The number of imidazole rings is 1. The average Bonchev–Trinajstić information content (AvgIpc) is 3.34. The van der Waals surface area contributed by atoms with Crippen LogP contribution in [0.4, 0.5) is 10.2 Å². The molecule has 5 rings (SSSR count). The van der Waals surface area contributed by atoms with Crippen LogP contribution >= 0.6 is 0 Å². The number of aromatic nitrogens is 4. The van der Waals surface area contributed by atoms with Crippen LogP contribution < -0.4 is 4.90 Å². The molecule has 32 heavy (non-hydrogen) atoms. The van der Waals surface area contributed by atoms with E-state index >= 15 is 0 Å². The van der Waals surface area contributed by atoms with Crippen molar-refractivity contribution < 1.29 is 9.50 Å². The van der Waals surface area contributed by atoms with Crippen molar-refractivity contribution in [3.8, 4) is 22.7 Å². The number of fused-ring (bicyclic) bond motifs is 2. The predicted octanol–water partition coefficient (Wildman–Crippen LogP) is 3.82. The van der Waals surface area contributed by atoms with E-state index in [-0.39, 0.29) is 17.3 Å². The molecule has 0 radical (unpaired) electrons. The third-order valence-electron chi connectivity index (χ3n) is 7.81. The molecule has 2 saturated heterocycles. The first-order valence-electron chi connectivity index (χ1n) is 11.0. The van der Waals surface area contributed by atoms with Gasteiger partial charge in [0.25, 0.3) is 0 Å². The van der Waals surface area contributed by atoms with E-state index < -0.39 is 11.7 Å². The summed E-state index contributed by atoms with van der Waals surface area (Å²) >= 11 is 0. The average molecular weight is 437 g/mol. The summed E-state index contributed by atoms with van der Waals surface area (Å²) < 4.78 is 16.7. The number of rotatable bonds is 4. The van der Waals surface area contributed by atoms with Crippen LogP contribution in [0.5, 0.6) is 5.75 Å². The highest BCUT2D eigenvalue weighted by Crippen LogP contribution is 2.51. The first-order valence-corrected chi connectivity index (χ1v) is 11.0. The van der Waals surface area contributed by atoms with Gasteiger partial charge in [-0.15, -0.1) is 10.2 Å². The number of aromatic hydroxyl groups is 1. The second kappa shape index (κ2) is 7.27. The zero-order valence-electron chi connectivity index (χ0n) is 18.9. The van der Waals surface area contributed by atoms with Gasteiger partial charge in [0.05, 0.1) is 23.2 Å². The molecule has 0 unspecified atom stereocenters. The maximum absolute atomic E-state index is 14.9. The third-order valence-corrected chi connectivity index (χ3v) is 7.81. The zero-order valence-corrected chi connectivity index (χ0v) is 18.9. The van der Waals surface area contributed by atoms with Gasteiger partial charge in [-0.3, -0.25) is 4.90 Å². The highest BCUT2D eigenvalue weighted by molar-refractivity contribution is 5.69. The van der Waals surface area contributed by atoms with Gasteiger partial charge in [-0.2, -0.15) is 0 Å². The fourth-order valence-electron chi connectivity index (χ4n) is 5.54. The number of phenols is 1. The summed E-state index contributed by atoms with van der Waals surface area (Å²) in [4.78, 5) is 8.40. The first kappa shape index (κ1) is 20.9. The minimum atomic E-state index is -0.822. The van der Waals surface area contributed by atoms with Crippen molar-refractivity contribution in [2.45, 2.75) is 56.4 Å². The van der Waals surface area contributed by atoms with Crippen molar-refractivity contribution in [1.29, 1.82) is 0 Å². The molecule has 8 heteroatoms. The maximum atomic E-state index is 14.9. The minimum Gasteiger partial charge on any atom is -0.507 e. The lowest BCUT2D eigenvalue weighted by Crippen LogP contribution is -2.60. The van der Waals surface area contributed by atoms with E-state index in [1.165, 1.54) is 0 Å². The molecule has 2 bridgehead atoms. The Kier molecular flexibility index (Phi) is 4.74. The largest absolute Gasteiger partial charge is 0.507 e. The van der Waals surface area contributed by atoms with E-state index in [0.29, 0.717) is 17.7 Å². The number of halogens is 1. The van der Waals surface area contributed by atoms with E-state index in [2.05, 4.69) is 39.0 Å². The van der Waals surface area contributed by atoms with Crippen molar-refractivity contribution >= 4 is 5.82 Å². The summed E-state index contributed by atoms with van der Waals surface area (Å²) in [6.07, 6.45) is 6.57. The number of anilines is 1. The van der Waals surface area contributed by atoms with Crippen molar-refractivity contribution in [2.75, 3.05) is 19.0 Å². The van der Waals surface area contributed by atoms with Crippen LogP contribution in [0, 0.1) is 0 Å². The topological polar surface area (TPSA) is 70.3 Å². The number of alkyl halides is 1. The van der Waals surface area contributed by atoms with E-state index in [0.717, 1.165) is 24.3 Å². The van der Waals surface area contributed by atoms with E-state index in [9.17, 15) is 9.50 Å². The van der Waals surface area contributed by atoms with Gasteiger partial charge >= 0.3 is 0 Å². The van der Waals surface area contributed by atoms with Crippen LogP contribution in [0.3, 0.4) is 0 Å². The van der Waals surface area contributed by atoms with Gasteiger partial charge in [0.1, 0.15) is 11.9 Å². The molecule has 2 fully saturated rings. The summed E-state index contributed by atoms with van der Waals surface area (Å²) in [5.74, 6) is 0.883. The third kappa shape index (κ3) is 3.16. The van der Waals surface area contributed by atoms with Gasteiger partial charge in [-0.25, -0.2) is 9.37 Å². The van der Waals surface area contributed by atoms with Gasteiger partial charge in [0, 0.05) is 42.7 Å². The van der Waals surface area contributed by atoms with Gasteiger partial charge in [0.2, 0.25) is 0 Å². The predicted molar refractivity (Wildman–Crippen MR) is 122 cm³/mol. The van der Waals surface area contributed by atoms with Crippen LogP contribution in [0.2, 0.25) is 0 Å². The Morgan fingerprint density at radius 3 is 2.56 bits per heavy atom. The number of piperidine rings is 1. The standard InChI is InChI=1S/C24H29FN6O/c1-23-12-17(13-24(2,30(23)4)21(25)14-23)29(3)22-8-7-19(27-28-22)18-6-5-16(11-20(18)32)31-10-9-26-15-31/h5-11,15,17,21,32H,12-14H2,1-4H3/t17-,21+,23+,24-/m0/s1. The SMILES string of the molecule is CN(c1ccc(-c2ccc(-n3ccnc3)cc2O)nn1)[C@H]1C[C@]2(C)C[C@@H](F)[C@](C)(C1)N2C. The molecule has 1 N–H and O–H groups in total. The highest BCUT2D eigenvalue weighted by Gasteiger charge is 2.60. The van der Waals surface area contributed by atoms with E-state index in [4.69, 9.17) is 0 Å². The lowest BCUT2D eigenvalue weighted by Gasteiger charge is -2.51. The second-order valence-corrected chi connectivity index (χ2v) is 9.71. The lowest BCUT2D eigenvalue weighted by atomic mass is 9.82. The molecule has 168 valence electrons. The van der Waals surface area contributed by atoms with Gasteiger partial charge in [-0.1, -0.05) is 0 Å². The Hall–Kier alpha value is -3.00. The van der Waals surface area contributed by atoms with Crippen LogP contribution in [-0.4, -0.2) is 67.1 Å². The molecule has 7 nitrogen and oxygen atoms in total. The number of hydrogen-bond acceptors (Lipinski definition) is 6. The summed E-state index contributed by atoms with van der Waals surface area (Å²) in [6.45, 7) is 4.20. The summed E-state index contributed by atoms with van der Waals surface area (Å²) in [5, 5.41) is 19.4. The Morgan fingerprint density at radius 2 is 1.94 bits per heavy atom. The van der Waals surface area contributed by atoms with Crippen LogP contribution in [-0.2, 0) is 0 Å². The molecule has 2 aliphatic rings. The van der Waals surface area contributed by atoms with Crippen molar-refractivity contribution in [1.82, 2.24) is 24.6 Å². The minimum absolute atomic E-state index is 0.133. The van der Waals surface area contributed by atoms with Gasteiger partial charge in [-0.05, 0) is 64.4 Å². The molecular weight excluding hydrogens is 407 g/mol. The first-order chi connectivity index (χ1) is 15.2. The molecule has 2 aliphatic heterocycles. The number of nitrogens with zero attached hydrogens (tertiary/aromatic N) is 6. The molecule has 2 aromatic heterocycles. The number of benzene rings is 1. The smallest absolute Gasteiger partial charge is 0.151 e. The molecule has 0 amide bonds. The van der Waals surface area contributed by atoms with Gasteiger partial charge < -0.3 is 14.6 Å². The molecular formula is C24H29FN6O. The number of phenolic OH excluding ortho intramolecular Hbond substituents is 1. The number of hydrogen-bond donors (Lipinski definition) is 1. The summed E-state index contributed by atoms with van der Waals surface area (Å²) in [5.41, 5.74) is 1.43. The Balaban J connectivity index is 1.36. The normalized spacial score (nSPS) is 29.9. The van der Waals surface area contributed by atoms with Crippen LogP contribution in [0.1, 0.15) is 33.1 Å². The van der Waals surface area contributed by atoms with Gasteiger partial charge in [0.15, 0.2) is 5.82 Å². The van der Waals surface area contributed by atoms with E-state index in [1.54, 1.807) is 18.6 Å². The molecule has 3 aromatic rings. The van der Waals surface area contributed by atoms with Crippen LogP contribution in [0.25, 0.3) is 16.9 Å².